The van der Waals surface area contributed by atoms with Crippen LogP contribution in [0, 0.1) is 5.92 Å². The molecular formula is C13H20N4O. The predicted molar refractivity (Wildman–Crippen MR) is 71.2 cm³/mol. The van der Waals surface area contributed by atoms with Crippen molar-refractivity contribution < 1.29 is 4.79 Å². The largest absolute Gasteiger partial charge is 0.397 e. The summed E-state index contributed by atoms with van der Waals surface area (Å²) in [6.07, 6.45) is 2.66. The van der Waals surface area contributed by atoms with E-state index in [1.807, 2.05) is 0 Å². The zero-order valence-corrected chi connectivity index (χ0v) is 10.7. The molecule has 1 saturated heterocycles. The maximum Gasteiger partial charge on any atom is 0.269 e. The summed E-state index contributed by atoms with van der Waals surface area (Å²) in [6.45, 7) is 6.19. The van der Waals surface area contributed by atoms with Gasteiger partial charge < -0.3 is 16.0 Å². The van der Waals surface area contributed by atoms with Gasteiger partial charge in [-0.05, 0) is 37.6 Å². The molecule has 2 rings (SSSR count). The fourth-order valence-electron chi connectivity index (χ4n) is 2.23. The van der Waals surface area contributed by atoms with Crippen molar-refractivity contribution in [2.45, 2.75) is 13.3 Å². The summed E-state index contributed by atoms with van der Waals surface area (Å²) in [5.74, 6) is 0.438. The molecule has 1 aliphatic heterocycles. The number of nitrogen functional groups attached to an aromatic ring is 1. The van der Waals surface area contributed by atoms with E-state index in [0.29, 0.717) is 17.3 Å². The monoisotopic (exact) mass is 248 g/mol. The Hall–Kier alpha value is -1.62. The molecule has 1 fully saturated rings. The van der Waals surface area contributed by atoms with E-state index in [2.05, 4.69) is 22.1 Å². The second-order valence-corrected chi connectivity index (χ2v) is 4.73. The van der Waals surface area contributed by atoms with Crippen LogP contribution < -0.4 is 11.1 Å². The zero-order valence-electron chi connectivity index (χ0n) is 10.7. The summed E-state index contributed by atoms with van der Waals surface area (Å²) in [7, 11) is 0. The Morgan fingerprint density at radius 1 is 1.61 bits per heavy atom. The molecule has 0 spiro atoms. The van der Waals surface area contributed by atoms with Crippen LogP contribution in [-0.2, 0) is 0 Å². The van der Waals surface area contributed by atoms with E-state index >= 15 is 0 Å². The summed E-state index contributed by atoms with van der Waals surface area (Å²) >= 11 is 0. The van der Waals surface area contributed by atoms with Crippen LogP contribution >= 0.6 is 0 Å². The van der Waals surface area contributed by atoms with Gasteiger partial charge in [-0.1, -0.05) is 6.92 Å². The van der Waals surface area contributed by atoms with Crippen LogP contribution in [0.5, 0.6) is 0 Å². The second kappa shape index (κ2) is 5.82. The number of carbonyl (C=O) groups is 1. The number of anilines is 1. The van der Waals surface area contributed by atoms with Gasteiger partial charge in [0, 0.05) is 13.1 Å². The van der Waals surface area contributed by atoms with Crippen molar-refractivity contribution in [3.05, 3.63) is 24.0 Å². The number of likely N-dealkylation sites (tertiary alicyclic amines) is 1. The predicted octanol–water partition coefficient (Wildman–Crippen LogP) is 0.735. The molecule has 0 aromatic carbocycles. The van der Waals surface area contributed by atoms with E-state index < -0.39 is 0 Å². The Morgan fingerprint density at radius 2 is 2.44 bits per heavy atom. The summed E-state index contributed by atoms with van der Waals surface area (Å²) < 4.78 is 0. The molecule has 18 heavy (non-hydrogen) atoms. The number of nitrogens with zero attached hydrogens (tertiary/aromatic N) is 2. The number of rotatable bonds is 4. The average Bonchev–Trinajstić information content (AvgIpc) is 2.85. The number of hydrogen-bond donors (Lipinski definition) is 2. The first-order chi connectivity index (χ1) is 8.69. The van der Waals surface area contributed by atoms with Gasteiger partial charge in [0.1, 0.15) is 5.69 Å². The van der Waals surface area contributed by atoms with Crippen molar-refractivity contribution in [1.82, 2.24) is 15.2 Å². The molecule has 0 saturated carbocycles. The van der Waals surface area contributed by atoms with Crippen LogP contribution in [0.1, 0.15) is 23.8 Å². The number of nitrogens with two attached hydrogens (primary N) is 1. The molecule has 1 aromatic rings. The highest BCUT2D eigenvalue weighted by atomic mass is 16.1. The lowest BCUT2D eigenvalue weighted by Gasteiger charge is -2.13. The molecule has 1 atom stereocenters. The number of pyridine rings is 1. The van der Waals surface area contributed by atoms with E-state index in [9.17, 15) is 4.79 Å². The highest BCUT2D eigenvalue weighted by molar-refractivity contribution is 5.92. The standard InChI is InChI=1S/C13H20N4O/c1-2-17-6-5-10(9-17)7-16-13(18)12-4-3-11(14)8-15-12/h3-4,8,10H,2,5-7,9,14H2,1H3,(H,16,18). The fraction of sp³-hybridized carbons (Fsp3) is 0.538. The van der Waals surface area contributed by atoms with Gasteiger partial charge in [-0.25, -0.2) is 4.98 Å². The van der Waals surface area contributed by atoms with Crippen molar-refractivity contribution >= 4 is 11.6 Å². The minimum absolute atomic E-state index is 0.120. The molecule has 1 aromatic heterocycles. The molecule has 5 heteroatoms. The maximum absolute atomic E-state index is 11.8. The highest BCUT2D eigenvalue weighted by Crippen LogP contribution is 2.14. The number of nitrogens with one attached hydrogen (secondary N) is 1. The molecule has 0 bridgehead atoms. The van der Waals surface area contributed by atoms with E-state index in [1.54, 1.807) is 12.1 Å². The van der Waals surface area contributed by atoms with Crippen molar-refractivity contribution in [2.75, 3.05) is 31.9 Å². The first kappa shape index (κ1) is 12.8. The minimum atomic E-state index is -0.120. The Labute approximate surface area is 107 Å². The summed E-state index contributed by atoms with van der Waals surface area (Å²) in [5.41, 5.74) is 6.53. The first-order valence-corrected chi connectivity index (χ1v) is 6.41. The van der Waals surface area contributed by atoms with Gasteiger partial charge in [0.05, 0.1) is 11.9 Å². The quantitative estimate of drug-likeness (QED) is 0.824. The molecule has 5 nitrogen and oxygen atoms in total. The fourth-order valence-corrected chi connectivity index (χ4v) is 2.23. The molecule has 98 valence electrons. The zero-order chi connectivity index (χ0) is 13.0. The number of amides is 1. The van der Waals surface area contributed by atoms with Crippen molar-refractivity contribution in [1.29, 1.82) is 0 Å². The van der Waals surface area contributed by atoms with E-state index in [0.717, 1.165) is 32.6 Å². The molecule has 1 aliphatic rings. The maximum atomic E-state index is 11.8. The smallest absolute Gasteiger partial charge is 0.269 e. The van der Waals surface area contributed by atoms with Crippen molar-refractivity contribution in [2.24, 2.45) is 5.92 Å². The van der Waals surface area contributed by atoms with Gasteiger partial charge >= 0.3 is 0 Å². The average molecular weight is 248 g/mol. The molecule has 2 heterocycles. The molecule has 0 aliphatic carbocycles. The summed E-state index contributed by atoms with van der Waals surface area (Å²) in [5, 5.41) is 2.94. The van der Waals surface area contributed by atoms with Crippen molar-refractivity contribution in [3.8, 4) is 0 Å². The van der Waals surface area contributed by atoms with Crippen LogP contribution in [0.15, 0.2) is 18.3 Å². The third kappa shape index (κ3) is 3.20. The normalized spacial score (nSPS) is 19.9. The van der Waals surface area contributed by atoms with E-state index in [1.165, 1.54) is 6.20 Å². The lowest BCUT2D eigenvalue weighted by Crippen LogP contribution is -2.31. The van der Waals surface area contributed by atoms with Gasteiger partial charge in [-0.2, -0.15) is 0 Å². The van der Waals surface area contributed by atoms with Crippen LogP contribution in [-0.4, -0.2) is 42.0 Å². The van der Waals surface area contributed by atoms with Crippen LogP contribution in [0.4, 0.5) is 5.69 Å². The topological polar surface area (TPSA) is 71.2 Å². The van der Waals surface area contributed by atoms with Crippen LogP contribution in [0.3, 0.4) is 0 Å². The summed E-state index contributed by atoms with van der Waals surface area (Å²) in [4.78, 5) is 18.2. The molecule has 3 N–H and O–H groups in total. The minimum Gasteiger partial charge on any atom is -0.397 e. The third-order valence-corrected chi connectivity index (χ3v) is 3.39. The molecular weight excluding hydrogens is 228 g/mol. The SMILES string of the molecule is CCN1CCC(CNC(=O)c2ccc(N)cn2)C1. The number of carbonyl (C=O) groups excluding carboxylic acids is 1. The first-order valence-electron chi connectivity index (χ1n) is 6.41. The Balaban J connectivity index is 1.80. The van der Waals surface area contributed by atoms with Gasteiger partial charge in [-0.15, -0.1) is 0 Å². The van der Waals surface area contributed by atoms with Gasteiger partial charge in [0.25, 0.3) is 5.91 Å². The lowest BCUT2D eigenvalue weighted by atomic mass is 10.1. The Kier molecular flexibility index (Phi) is 4.15. The Morgan fingerprint density at radius 3 is 3.06 bits per heavy atom. The van der Waals surface area contributed by atoms with E-state index in [-0.39, 0.29) is 5.91 Å². The van der Waals surface area contributed by atoms with E-state index in [4.69, 9.17) is 5.73 Å². The van der Waals surface area contributed by atoms with Gasteiger partial charge in [0.15, 0.2) is 0 Å². The Bertz CT molecular complexity index is 404. The lowest BCUT2D eigenvalue weighted by molar-refractivity contribution is 0.0942. The van der Waals surface area contributed by atoms with Gasteiger partial charge in [0.2, 0.25) is 0 Å². The van der Waals surface area contributed by atoms with Crippen molar-refractivity contribution in [3.63, 3.8) is 0 Å². The molecule has 0 radical (unpaired) electrons. The highest BCUT2D eigenvalue weighted by Gasteiger charge is 2.21. The van der Waals surface area contributed by atoms with Crippen LogP contribution in [0.2, 0.25) is 0 Å². The number of aromatic nitrogens is 1. The van der Waals surface area contributed by atoms with Gasteiger partial charge in [-0.3, -0.25) is 4.79 Å². The third-order valence-electron chi connectivity index (χ3n) is 3.39. The number of hydrogen-bond acceptors (Lipinski definition) is 4. The molecule has 1 unspecified atom stereocenters. The molecule has 1 amide bonds. The summed E-state index contributed by atoms with van der Waals surface area (Å²) in [6, 6.07) is 3.34. The van der Waals surface area contributed by atoms with Crippen LogP contribution in [0.25, 0.3) is 0 Å². The second-order valence-electron chi connectivity index (χ2n) is 4.73.